The van der Waals surface area contributed by atoms with Crippen molar-refractivity contribution in [1.82, 2.24) is 10.2 Å². The summed E-state index contributed by atoms with van der Waals surface area (Å²) in [6.45, 7) is 7.11. The molecule has 2 aliphatic heterocycles. The summed E-state index contributed by atoms with van der Waals surface area (Å²) in [5, 5.41) is 3.39. The van der Waals surface area contributed by atoms with Gasteiger partial charge in [0.2, 0.25) is 0 Å². The minimum absolute atomic E-state index is 0.532. The first-order valence-electron chi connectivity index (χ1n) is 5.62. The molecule has 0 saturated carbocycles. The van der Waals surface area contributed by atoms with Crippen LogP contribution in [0.4, 0.5) is 0 Å². The van der Waals surface area contributed by atoms with E-state index < -0.39 is 0 Å². The van der Waals surface area contributed by atoms with Crippen molar-refractivity contribution in [2.24, 2.45) is 11.7 Å². The quantitative estimate of drug-likeness (QED) is 0.628. The van der Waals surface area contributed by atoms with Gasteiger partial charge in [0.15, 0.2) is 0 Å². The molecular formula is C10H21N3O. The van der Waals surface area contributed by atoms with Crippen LogP contribution in [0.15, 0.2) is 0 Å². The highest BCUT2D eigenvalue weighted by Gasteiger charge is 2.25. The van der Waals surface area contributed by atoms with Gasteiger partial charge in [-0.15, -0.1) is 0 Å². The lowest BCUT2D eigenvalue weighted by Gasteiger charge is -2.36. The van der Waals surface area contributed by atoms with Crippen molar-refractivity contribution in [3.63, 3.8) is 0 Å². The Morgan fingerprint density at radius 3 is 3.14 bits per heavy atom. The van der Waals surface area contributed by atoms with Crippen molar-refractivity contribution in [3.8, 4) is 0 Å². The van der Waals surface area contributed by atoms with Crippen molar-refractivity contribution in [2.75, 3.05) is 45.9 Å². The molecule has 2 unspecified atom stereocenters. The van der Waals surface area contributed by atoms with E-state index in [4.69, 9.17) is 10.5 Å². The second-order valence-corrected chi connectivity index (χ2v) is 4.32. The molecule has 2 rings (SSSR count). The molecule has 2 fully saturated rings. The molecule has 0 spiro atoms. The summed E-state index contributed by atoms with van der Waals surface area (Å²) in [5.74, 6) is 0.738. The molecule has 2 heterocycles. The molecule has 4 nitrogen and oxygen atoms in total. The number of hydrogen-bond acceptors (Lipinski definition) is 4. The van der Waals surface area contributed by atoms with Crippen molar-refractivity contribution < 1.29 is 4.74 Å². The molecule has 2 saturated heterocycles. The normalized spacial score (nSPS) is 34.9. The van der Waals surface area contributed by atoms with Crippen LogP contribution in [0.25, 0.3) is 0 Å². The first kappa shape index (κ1) is 10.4. The largest absolute Gasteiger partial charge is 0.381 e. The summed E-state index contributed by atoms with van der Waals surface area (Å²) in [6, 6.07) is 0.532. The molecule has 0 bridgehead atoms. The van der Waals surface area contributed by atoms with E-state index in [9.17, 15) is 0 Å². The standard InChI is InChI=1S/C10H21N3O/c11-5-10-6-12-2-3-13(10)7-9-1-4-14-8-9/h9-10,12H,1-8,11H2. The van der Waals surface area contributed by atoms with E-state index in [0.717, 1.165) is 45.3 Å². The molecule has 4 heteroatoms. The molecule has 14 heavy (non-hydrogen) atoms. The molecule has 0 aliphatic carbocycles. The van der Waals surface area contributed by atoms with Gasteiger partial charge in [-0.1, -0.05) is 0 Å². The average Bonchev–Trinajstić information content (AvgIpc) is 2.71. The van der Waals surface area contributed by atoms with E-state index in [-0.39, 0.29) is 0 Å². The molecule has 3 N–H and O–H groups in total. The Labute approximate surface area is 85.8 Å². The van der Waals surface area contributed by atoms with Crippen LogP contribution in [0.3, 0.4) is 0 Å². The Morgan fingerprint density at radius 1 is 1.50 bits per heavy atom. The molecule has 0 amide bonds. The summed E-state index contributed by atoms with van der Waals surface area (Å²) in [7, 11) is 0. The van der Waals surface area contributed by atoms with Crippen LogP contribution >= 0.6 is 0 Å². The van der Waals surface area contributed by atoms with Gasteiger partial charge in [-0.25, -0.2) is 0 Å². The van der Waals surface area contributed by atoms with E-state index in [1.165, 1.54) is 13.0 Å². The number of nitrogens with one attached hydrogen (secondary N) is 1. The highest BCUT2D eigenvalue weighted by molar-refractivity contribution is 4.82. The summed E-state index contributed by atoms with van der Waals surface area (Å²) >= 11 is 0. The summed E-state index contributed by atoms with van der Waals surface area (Å²) < 4.78 is 5.39. The van der Waals surface area contributed by atoms with Gasteiger partial charge in [0.05, 0.1) is 6.61 Å². The van der Waals surface area contributed by atoms with Gasteiger partial charge in [-0.05, 0) is 12.3 Å². The lowest BCUT2D eigenvalue weighted by atomic mass is 10.1. The SMILES string of the molecule is NCC1CNCCN1CC1CCOC1. The Bertz CT molecular complexity index is 171. The Balaban J connectivity index is 1.81. The van der Waals surface area contributed by atoms with Gasteiger partial charge >= 0.3 is 0 Å². The Morgan fingerprint density at radius 2 is 2.43 bits per heavy atom. The molecule has 0 radical (unpaired) electrons. The van der Waals surface area contributed by atoms with Gasteiger partial charge in [0.25, 0.3) is 0 Å². The van der Waals surface area contributed by atoms with Crippen LogP contribution in [0, 0.1) is 5.92 Å². The molecule has 82 valence electrons. The van der Waals surface area contributed by atoms with E-state index in [1.54, 1.807) is 0 Å². The first-order valence-corrected chi connectivity index (χ1v) is 5.62. The van der Waals surface area contributed by atoms with Gasteiger partial charge in [-0.3, -0.25) is 4.90 Å². The Kier molecular flexibility index (Phi) is 3.75. The van der Waals surface area contributed by atoms with Crippen LogP contribution in [-0.4, -0.2) is 56.9 Å². The summed E-state index contributed by atoms with van der Waals surface area (Å²) in [6.07, 6.45) is 1.22. The molecule has 2 aliphatic rings. The summed E-state index contributed by atoms with van der Waals surface area (Å²) in [4.78, 5) is 2.52. The van der Waals surface area contributed by atoms with Gasteiger partial charge in [-0.2, -0.15) is 0 Å². The molecule has 0 aromatic carbocycles. The van der Waals surface area contributed by atoms with Crippen LogP contribution in [0.2, 0.25) is 0 Å². The first-order chi connectivity index (χ1) is 6.90. The minimum Gasteiger partial charge on any atom is -0.381 e. The van der Waals surface area contributed by atoms with Gasteiger partial charge < -0.3 is 15.8 Å². The van der Waals surface area contributed by atoms with Gasteiger partial charge in [0.1, 0.15) is 0 Å². The smallest absolute Gasteiger partial charge is 0.0507 e. The number of rotatable bonds is 3. The van der Waals surface area contributed by atoms with Crippen molar-refractivity contribution in [1.29, 1.82) is 0 Å². The third kappa shape index (κ3) is 2.45. The fraction of sp³-hybridized carbons (Fsp3) is 1.00. The predicted molar refractivity (Wildman–Crippen MR) is 56.2 cm³/mol. The second-order valence-electron chi connectivity index (χ2n) is 4.32. The van der Waals surface area contributed by atoms with E-state index in [0.29, 0.717) is 6.04 Å². The number of nitrogens with two attached hydrogens (primary N) is 1. The van der Waals surface area contributed by atoms with Crippen LogP contribution in [-0.2, 0) is 4.74 Å². The molecule has 2 atom stereocenters. The van der Waals surface area contributed by atoms with Crippen molar-refractivity contribution in [2.45, 2.75) is 12.5 Å². The second kappa shape index (κ2) is 5.07. The maximum atomic E-state index is 5.75. The number of hydrogen-bond donors (Lipinski definition) is 2. The van der Waals surface area contributed by atoms with Crippen LogP contribution in [0.5, 0.6) is 0 Å². The zero-order valence-electron chi connectivity index (χ0n) is 8.74. The van der Waals surface area contributed by atoms with Gasteiger partial charge in [0, 0.05) is 45.4 Å². The predicted octanol–water partition coefficient (Wildman–Crippen LogP) is -0.745. The average molecular weight is 199 g/mol. The van der Waals surface area contributed by atoms with Crippen LogP contribution < -0.4 is 11.1 Å². The van der Waals surface area contributed by atoms with E-state index in [1.807, 2.05) is 0 Å². The van der Waals surface area contributed by atoms with Crippen LogP contribution in [0.1, 0.15) is 6.42 Å². The third-order valence-corrected chi connectivity index (χ3v) is 3.26. The highest BCUT2D eigenvalue weighted by Crippen LogP contribution is 2.15. The van der Waals surface area contributed by atoms with Crippen molar-refractivity contribution >= 4 is 0 Å². The molecule has 0 aromatic rings. The lowest BCUT2D eigenvalue weighted by Crippen LogP contribution is -2.55. The number of piperazine rings is 1. The molecular weight excluding hydrogens is 178 g/mol. The Hall–Kier alpha value is -0.160. The zero-order valence-corrected chi connectivity index (χ0v) is 8.74. The maximum absolute atomic E-state index is 5.75. The van der Waals surface area contributed by atoms with E-state index in [2.05, 4.69) is 10.2 Å². The third-order valence-electron chi connectivity index (χ3n) is 3.26. The highest BCUT2D eigenvalue weighted by atomic mass is 16.5. The number of ether oxygens (including phenoxy) is 1. The minimum atomic E-state index is 0.532. The maximum Gasteiger partial charge on any atom is 0.0507 e. The van der Waals surface area contributed by atoms with E-state index >= 15 is 0 Å². The monoisotopic (exact) mass is 199 g/mol. The fourth-order valence-electron chi connectivity index (χ4n) is 2.33. The van der Waals surface area contributed by atoms with Crippen molar-refractivity contribution in [3.05, 3.63) is 0 Å². The topological polar surface area (TPSA) is 50.5 Å². The zero-order chi connectivity index (χ0) is 9.80. The molecule has 0 aromatic heterocycles. The fourth-order valence-corrected chi connectivity index (χ4v) is 2.33. The summed E-state index contributed by atoms with van der Waals surface area (Å²) in [5.41, 5.74) is 5.75. The lowest BCUT2D eigenvalue weighted by molar-refractivity contribution is 0.126. The number of nitrogens with zero attached hydrogens (tertiary/aromatic N) is 1.